The van der Waals surface area contributed by atoms with Crippen LogP contribution in [0, 0.1) is 10.1 Å². The van der Waals surface area contributed by atoms with E-state index in [-0.39, 0.29) is 5.69 Å². The molecule has 4 nitrogen and oxygen atoms in total. The van der Waals surface area contributed by atoms with Gasteiger partial charge in [-0.1, -0.05) is 29.3 Å². The lowest BCUT2D eigenvalue weighted by molar-refractivity contribution is -0.384. The first-order valence-corrected chi connectivity index (χ1v) is 5.91. The van der Waals surface area contributed by atoms with Gasteiger partial charge >= 0.3 is 0 Å². The lowest BCUT2D eigenvalue weighted by atomic mass is 10.1. The molecular formula is C12H9Cl2NO3. The monoisotopic (exact) mass is 285 g/mol. The highest BCUT2D eigenvalue weighted by Crippen LogP contribution is 2.33. The minimum Gasteiger partial charge on any atom is -0.468 e. The molecule has 1 aliphatic carbocycles. The molecule has 0 radical (unpaired) electrons. The van der Waals surface area contributed by atoms with Crippen LogP contribution in [0.2, 0.25) is 0 Å². The van der Waals surface area contributed by atoms with Gasteiger partial charge in [0, 0.05) is 23.6 Å². The van der Waals surface area contributed by atoms with Crippen molar-refractivity contribution in [1.82, 2.24) is 0 Å². The Hall–Kier alpha value is -1.52. The predicted molar refractivity (Wildman–Crippen MR) is 70.0 cm³/mol. The molecule has 0 amide bonds. The van der Waals surface area contributed by atoms with Crippen molar-refractivity contribution < 1.29 is 9.66 Å². The van der Waals surface area contributed by atoms with Gasteiger partial charge in [-0.15, -0.1) is 0 Å². The number of halogens is 2. The summed E-state index contributed by atoms with van der Waals surface area (Å²) in [4.78, 5) is 10.0. The predicted octanol–water partition coefficient (Wildman–Crippen LogP) is 3.99. The van der Waals surface area contributed by atoms with Crippen molar-refractivity contribution in [3.8, 4) is 5.75 Å². The smallest absolute Gasteiger partial charge is 0.269 e. The number of allylic oxidation sites excluding steroid dienone is 2. The normalized spacial score (nSPS) is 22.4. The summed E-state index contributed by atoms with van der Waals surface area (Å²) in [6.45, 7) is 0. The van der Waals surface area contributed by atoms with Crippen molar-refractivity contribution in [2.24, 2.45) is 0 Å². The zero-order valence-electron chi connectivity index (χ0n) is 9.18. The fraction of sp³-hybridized carbons (Fsp3) is 0.167. The molecule has 2 rings (SSSR count). The Morgan fingerprint density at radius 2 is 2.00 bits per heavy atom. The molecule has 0 aliphatic heterocycles. The van der Waals surface area contributed by atoms with E-state index in [1.54, 1.807) is 18.2 Å². The summed E-state index contributed by atoms with van der Waals surface area (Å²) in [5, 5.41) is 9.97. The number of nitrogens with zero attached hydrogens (tertiary/aromatic N) is 1. The van der Waals surface area contributed by atoms with E-state index in [0.29, 0.717) is 17.2 Å². The molecular weight excluding hydrogens is 277 g/mol. The van der Waals surface area contributed by atoms with Crippen molar-refractivity contribution in [2.75, 3.05) is 0 Å². The van der Waals surface area contributed by atoms with E-state index in [0.717, 1.165) is 0 Å². The van der Waals surface area contributed by atoms with Crippen molar-refractivity contribution >= 4 is 28.9 Å². The molecule has 1 aromatic carbocycles. The summed E-state index contributed by atoms with van der Waals surface area (Å²) >= 11 is 12.1. The highest BCUT2D eigenvalue weighted by Gasteiger charge is 2.28. The number of non-ortho nitro benzene ring substituents is 1. The summed E-state index contributed by atoms with van der Waals surface area (Å²) in [6, 6.07) is 5.73. The van der Waals surface area contributed by atoms with Crippen LogP contribution >= 0.6 is 23.2 Å². The topological polar surface area (TPSA) is 52.4 Å². The summed E-state index contributed by atoms with van der Waals surface area (Å²) in [6.07, 6.45) is 5.61. The highest BCUT2D eigenvalue weighted by atomic mass is 35.5. The van der Waals surface area contributed by atoms with Gasteiger partial charge in [-0.2, -0.15) is 0 Å². The molecule has 1 aliphatic rings. The van der Waals surface area contributed by atoms with Crippen LogP contribution in [0.1, 0.15) is 6.42 Å². The summed E-state index contributed by atoms with van der Waals surface area (Å²) in [7, 11) is 0. The van der Waals surface area contributed by atoms with Crippen LogP contribution in [-0.4, -0.2) is 9.98 Å². The van der Waals surface area contributed by atoms with Gasteiger partial charge in [0.2, 0.25) is 5.06 Å². The van der Waals surface area contributed by atoms with E-state index in [1.807, 2.05) is 0 Å². The maximum atomic E-state index is 10.5. The molecule has 0 bridgehead atoms. The van der Waals surface area contributed by atoms with Crippen molar-refractivity contribution in [3.63, 3.8) is 0 Å². The van der Waals surface area contributed by atoms with Gasteiger partial charge < -0.3 is 4.74 Å². The average Bonchev–Trinajstić information content (AvgIpc) is 2.28. The number of alkyl halides is 1. The van der Waals surface area contributed by atoms with Gasteiger partial charge in [0.15, 0.2) is 0 Å². The number of benzene rings is 1. The summed E-state index contributed by atoms with van der Waals surface area (Å²) in [5.74, 6) is 0.451. The molecule has 6 heteroatoms. The highest BCUT2D eigenvalue weighted by molar-refractivity contribution is 6.33. The van der Waals surface area contributed by atoms with Crippen LogP contribution in [-0.2, 0) is 0 Å². The van der Waals surface area contributed by atoms with Crippen LogP contribution in [0.25, 0.3) is 0 Å². The molecule has 1 unspecified atom stereocenters. The summed E-state index contributed by atoms with van der Waals surface area (Å²) in [5.41, 5.74) is 0.00286. The second kappa shape index (κ2) is 5.00. The van der Waals surface area contributed by atoms with E-state index in [4.69, 9.17) is 27.9 Å². The van der Waals surface area contributed by atoms with Gasteiger partial charge in [-0.3, -0.25) is 10.1 Å². The molecule has 0 fully saturated rings. The van der Waals surface area contributed by atoms with E-state index in [1.165, 1.54) is 24.3 Å². The molecule has 0 spiro atoms. The van der Waals surface area contributed by atoms with Crippen molar-refractivity contribution in [3.05, 3.63) is 57.6 Å². The number of hydrogen-bond donors (Lipinski definition) is 0. The van der Waals surface area contributed by atoms with Gasteiger partial charge in [0.05, 0.1) is 4.92 Å². The molecule has 0 N–H and O–H groups in total. The quantitative estimate of drug-likeness (QED) is 0.479. The van der Waals surface area contributed by atoms with Crippen molar-refractivity contribution in [1.29, 1.82) is 0 Å². The van der Waals surface area contributed by atoms with Crippen LogP contribution in [0.15, 0.2) is 47.5 Å². The maximum absolute atomic E-state index is 10.5. The van der Waals surface area contributed by atoms with Gasteiger partial charge in [-0.05, 0) is 24.3 Å². The molecule has 0 aromatic heterocycles. The minimum atomic E-state index is -1.04. The number of hydrogen-bond acceptors (Lipinski definition) is 3. The standard InChI is InChI=1S/C12H9Cl2NO3/c13-9-2-1-7-12(14,8-9)18-11-5-3-10(4-6-11)15(16)17/h1-6,8H,7H2. The fourth-order valence-electron chi connectivity index (χ4n) is 1.55. The average molecular weight is 286 g/mol. The first-order chi connectivity index (χ1) is 8.48. The van der Waals surface area contributed by atoms with Crippen molar-refractivity contribution in [2.45, 2.75) is 11.5 Å². The molecule has 0 saturated carbocycles. The Balaban J connectivity index is 2.14. The zero-order valence-corrected chi connectivity index (χ0v) is 10.7. The van der Waals surface area contributed by atoms with Gasteiger partial charge in [0.1, 0.15) is 5.75 Å². The molecule has 94 valence electrons. The van der Waals surface area contributed by atoms with Gasteiger partial charge in [0.25, 0.3) is 5.69 Å². The Morgan fingerprint density at radius 3 is 2.56 bits per heavy atom. The first kappa shape index (κ1) is 12.9. The van der Waals surface area contributed by atoms with E-state index >= 15 is 0 Å². The molecule has 18 heavy (non-hydrogen) atoms. The van der Waals surface area contributed by atoms with Crippen LogP contribution in [0.4, 0.5) is 5.69 Å². The third-order valence-electron chi connectivity index (χ3n) is 2.36. The van der Waals surface area contributed by atoms with Gasteiger partial charge in [-0.25, -0.2) is 0 Å². The van der Waals surface area contributed by atoms with Crippen LogP contribution in [0.3, 0.4) is 0 Å². The second-order valence-electron chi connectivity index (χ2n) is 3.77. The lowest BCUT2D eigenvalue weighted by Gasteiger charge is -2.26. The lowest BCUT2D eigenvalue weighted by Crippen LogP contribution is -2.27. The summed E-state index contributed by atoms with van der Waals surface area (Å²) < 4.78 is 5.58. The Labute approximate surface area is 114 Å². The Morgan fingerprint density at radius 1 is 1.33 bits per heavy atom. The first-order valence-electron chi connectivity index (χ1n) is 5.16. The van der Waals surface area contributed by atoms with Crippen LogP contribution < -0.4 is 4.74 Å². The Kier molecular flexibility index (Phi) is 3.59. The fourth-order valence-corrected chi connectivity index (χ4v) is 2.17. The number of nitro benzene ring substituents is 1. The zero-order chi connectivity index (χ0) is 13.2. The minimum absolute atomic E-state index is 0.00286. The molecule has 0 heterocycles. The third kappa shape index (κ3) is 3.03. The van der Waals surface area contributed by atoms with Crippen LogP contribution in [0.5, 0.6) is 5.75 Å². The number of nitro groups is 1. The Bertz CT molecular complexity index is 525. The number of rotatable bonds is 3. The SMILES string of the molecule is O=[N+]([O-])c1ccc(OC2(Cl)C=C(Cl)C=CC2)cc1. The second-order valence-corrected chi connectivity index (χ2v) is 4.85. The van der Waals surface area contributed by atoms with E-state index in [2.05, 4.69) is 0 Å². The third-order valence-corrected chi connectivity index (χ3v) is 2.94. The largest absolute Gasteiger partial charge is 0.468 e. The molecule has 1 atom stereocenters. The molecule has 0 saturated heterocycles. The van der Waals surface area contributed by atoms with E-state index < -0.39 is 9.98 Å². The number of ether oxygens (including phenoxy) is 1. The van der Waals surface area contributed by atoms with E-state index in [9.17, 15) is 10.1 Å². The maximum Gasteiger partial charge on any atom is 0.269 e. The molecule has 1 aromatic rings.